The highest BCUT2D eigenvalue weighted by molar-refractivity contribution is 5.95. The maximum Gasteiger partial charge on any atom is 0.161 e. The summed E-state index contributed by atoms with van der Waals surface area (Å²) in [6.07, 6.45) is 4.98. The molecule has 0 aliphatic carbocycles. The molecule has 30 heavy (non-hydrogen) atoms. The standard InChI is InChI=1S/C23H19N7/c1-2-11-25-17(5-1)15-4-3-6-18-20(15)28-23(27-18)22-21-19(29-30-22)8-7-16(26-21)14-9-12-24-13-10-14/h1-9,11,24H,10,12-13H2,(H,27,28)(H,29,30). The number of pyridine rings is 2. The quantitative estimate of drug-likeness (QED) is 0.432. The Bertz CT molecular complexity index is 1400. The summed E-state index contributed by atoms with van der Waals surface area (Å²) >= 11 is 0. The van der Waals surface area contributed by atoms with Gasteiger partial charge in [-0.15, -0.1) is 0 Å². The molecule has 1 aliphatic heterocycles. The Morgan fingerprint density at radius 2 is 1.83 bits per heavy atom. The zero-order valence-electron chi connectivity index (χ0n) is 16.2. The molecule has 5 aromatic rings. The number of aromatic nitrogens is 6. The van der Waals surface area contributed by atoms with Crippen LogP contribution in [0, 0.1) is 0 Å². The number of nitrogens with zero attached hydrogens (tertiary/aromatic N) is 4. The van der Waals surface area contributed by atoms with Gasteiger partial charge >= 0.3 is 0 Å². The SMILES string of the molecule is C1=C(c2ccc3[nH]nc(-c4nc5c(-c6ccccn6)cccc5[nH]4)c3n2)CCNC1. The number of rotatable bonds is 3. The lowest BCUT2D eigenvalue weighted by atomic mass is 10.1. The molecular formula is C23H19N7. The van der Waals surface area contributed by atoms with Crippen LogP contribution in [0.3, 0.4) is 0 Å². The monoisotopic (exact) mass is 393 g/mol. The first-order valence-electron chi connectivity index (χ1n) is 10.0. The van der Waals surface area contributed by atoms with E-state index in [1.807, 2.05) is 42.5 Å². The zero-order chi connectivity index (χ0) is 19.9. The van der Waals surface area contributed by atoms with Gasteiger partial charge in [0.2, 0.25) is 0 Å². The lowest BCUT2D eigenvalue weighted by Gasteiger charge is -2.13. The van der Waals surface area contributed by atoms with Crippen LogP contribution in [0.25, 0.3) is 50.4 Å². The van der Waals surface area contributed by atoms with Gasteiger partial charge in [0.05, 0.1) is 27.9 Å². The number of imidazole rings is 1. The lowest BCUT2D eigenvalue weighted by Crippen LogP contribution is -2.20. The number of nitrogens with one attached hydrogen (secondary N) is 3. The third kappa shape index (κ3) is 2.79. The Morgan fingerprint density at radius 1 is 0.833 bits per heavy atom. The Morgan fingerprint density at radius 3 is 2.70 bits per heavy atom. The summed E-state index contributed by atoms with van der Waals surface area (Å²) in [5.74, 6) is 0.698. The fourth-order valence-corrected chi connectivity index (χ4v) is 3.97. The van der Waals surface area contributed by atoms with Gasteiger partial charge in [0.25, 0.3) is 0 Å². The largest absolute Gasteiger partial charge is 0.336 e. The maximum absolute atomic E-state index is 4.92. The summed E-state index contributed by atoms with van der Waals surface area (Å²) in [5, 5.41) is 11.0. The average molecular weight is 393 g/mol. The summed E-state index contributed by atoms with van der Waals surface area (Å²) in [7, 11) is 0. The normalized spacial score (nSPS) is 14.3. The topological polar surface area (TPSA) is 95.2 Å². The van der Waals surface area contributed by atoms with Crippen LogP contribution in [-0.4, -0.2) is 43.2 Å². The van der Waals surface area contributed by atoms with Crippen LogP contribution in [0.15, 0.2) is 60.8 Å². The number of fused-ring (bicyclic) bond motifs is 2. The minimum absolute atomic E-state index is 0.698. The van der Waals surface area contributed by atoms with Crippen molar-refractivity contribution >= 4 is 27.6 Å². The second-order valence-electron chi connectivity index (χ2n) is 7.35. The summed E-state index contributed by atoms with van der Waals surface area (Å²) < 4.78 is 0. The van der Waals surface area contributed by atoms with E-state index in [1.165, 1.54) is 5.57 Å². The maximum atomic E-state index is 4.92. The van der Waals surface area contributed by atoms with Crippen molar-refractivity contribution in [1.82, 2.24) is 35.5 Å². The van der Waals surface area contributed by atoms with Gasteiger partial charge in [-0.2, -0.15) is 5.10 Å². The predicted molar refractivity (Wildman–Crippen MR) is 118 cm³/mol. The van der Waals surface area contributed by atoms with Crippen LogP contribution in [0.5, 0.6) is 0 Å². The molecule has 0 amide bonds. The van der Waals surface area contributed by atoms with Crippen molar-refractivity contribution in [3.8, 4) is 22.8 Å². The second kappa shape index (κ2) is 6.89. The first kappa shape index (κ1) is 17.1. The lowest BCUT2D eigenvalue weighted by molar-refractivity contribution is 0.737. The van der Waals surface area contributed by atoms with E-state index in [9.17, 15) is 0 Å². The molecule has 4 aromatic heterocycles. The molecule has 1 aromatic carbocycles. The molecule has 1 aliphatic rings. The molecule has 7 nitrogen and oxygen atoms in total. The molecule has 0 saturated carbocycles. The van der Waals surface area contributed by atoms with E-state index in [2.05, 4.69) is 37.6 Å². The highest BCUT2D eigenvalue weighted by atomic mass is 15.1. The molecule has 0 spiro atoms. The fourth-order valence-electron chi connectivity index (χ4n) is 3.97. The number of H-pyrrole nitrogens is 2. The molecule has 3 N–H and O–H groups in total. The van der Waals surface area contributed by atoms with Crippen LogP contribution in [0.2, 0.25) is 0 Å². The zero-order valence-corrected chi connectivity index (χ0v) is 16.2. The minimum Gasteiger partial charge on any atom is -0.336 e. The van der Waals surface area contributed by atoms with Crippen LogP contribution in [0.1, 0.15) is 12.1 Å². The number of hydrogen-bond acceptors (Lipinski definition) is 5. The van der Waals surface area contributed by atoms with E-state index in [0.717, 1.165) is 64.2 Å². The minimum atomic E-state index is 0.698. The first-order chi connectivity index (χ1) is 14.9. The van der Waals surface area contributed by atoms with Gasteiger partial charge in [0, 0.05) is 18.3 Å². The molecule has 0 fully saturated rings. The van der Waals surface area contributed by atoms with Crippen LogP contribution in [-0.2, 0) is 0 Å². The number of hydrogen-bond donors (Lipinski definition) is 3. The number of aromatic amines is 2. The first-order valence-corrected chi connectivity index (χ1v) is 10.0. The van der Waals surface area contributed by atoms with Crippen molar-refractivity contribution in [2.45, 2.75) is 6.42 Å². The molecule has 5 heterocycles. The predicted octanol–water partition coefficient (Wildman–Crippen LogP) is 3.94. The van der Waals surface area contributed by atoms with Gasteiger partial charge < -0.3 is 10.3 Å². The Labute approximate surface area is 172 Å². The molecule has 0 bridgehead atoms. The van der Waals surface area contributed by atoms with E-state index < -0.39 is 0 Å². The second-order valence-corrected chi connectivity index (χ2v) is 7.35. The summed E-state index contributed by atoms with van der Waals surface area (Å²) in [4.78, 5) is 17.7. The fraction of sp³-hybridized carbons (Fsp3) is 0.130. The Hall–Kier alpha value is -3.84. The van der Waals surface area contributed by atoms with Crippen molar-refractivity contribution < 1.29 is 0 Å². The highest BCUT2D eigenvalue weighted by Gasteiger charge is 2.17. The average Bonchev–Trinajstić information content (AvgIpc) is 3.43. The van der Waals surface area contributed by atoms with Crippen LogP contribution >= 0.6 is 0 Å². The smallest absolute Gasteiger partial charge is 0.161 e. The van der Waals surface area contributed by atoms with Crippen molar-refractivity contribution in [1.29, 1.82) is 0 Å². The molecule has 0 saturated heterocycles. The summed E-state index contributed by atoms with van der Waals surface area (Å²) in [6, 6.07) is 16.1. The van der Waals surface area contributed by atoms with Gasteiger partial charge in [-0.05, 0) is 48.9 Å². The van der Waals surface area contributed by atoms with Gasteiger partial charge in [-0.1, -0.05) is 24.3 Å². The van der Waals surface area contributed by atoms with Crippen molar-refractivity contribution in [2.24, 2.45) is 0 Å². The molecule has 146 valence electrons. The van der Waals surface area contributed by atoms with Crippen molar-refractivity contribution in [3.63, 3.8) is 0 Å². The van der Waals surface area contributed by atoms with Crippen molar-refractivity contribution in [2.75, 3.05) is 13.1 Å². The van der Waals surface area contributed by atoms with Crippen LogP contribution < -0.4 is 5.32 Å². The molecule has 0 unspecified atom stereocenters. The highest BCUT2D eigenvalue weighted by Crippen LogP contribution is 2.31. The number of benzene rings is 1. The van der Waals surface area contributed by atoms with E-state index in [0.29, 0.717) is 5.82 Å². The summed E-state index contributed by atoms with van der Waals surface area (Å²) in [5.41, 5.74) is 8.42. The summed E-state index contributed by atoms with van der Waals surface area (Å²) in [6.45, 7) is 1.86. The molecule has 6 rings (SSSR count). The van der Waals surface area contributed by atoms with E-state index in [4.69, 9.17) is 9.97 Å². The van der Waals surface area contributed by atoms with E-state index in [-0.39, 0.29) is 0 Å². The van der Waals surface area contributed by atoms with Crippen molar-refractivity contribution in [3.05, 3.63) is 66.5 Å². The third-order valence-corrected chi connectivity index (χ3v) is 5.48. The Balaban J connectivity index is 1.50. The van der Waals surface area contributed by atoms with Crippen LogP contribution in [0.4, 0.5) is 0 Å². The third-order valence-electron chi connectivity index (χ3n) is 5.48. The van der Waals surface area contributed by atoms with Gasteiger partial charge in [0.1, 0.15) is 5.52 Å². The van der Waals surface area contributed by atoms with E-state index >= 15 is 0 Å². The Kier molecular flexibility index (Phi) is 3.92. The molecule has 7 heteroatoms. The van der Waals surface area contributed by atoms with Gasteiger partial charge in [0.15, 0.2) is 11.5 Å². The number of para-hydroxylation sites is 1. The molecular weight excluding hydrogens is 374 g/mol. The van der Waals surface area contributed by atoms with E-state index in [1.54, 1.807) is 6.20 Å². The van der Waals surface area contributed by atoms with Gasteiger partial charge in [-0.3, -0.25) is 10.1 Å². The molecule has 0 radical (unpaired) electrons. The molecule has 0 atom stereocenters. The van der Waals surface area contributed by atoms with Gasteiger partial charge in [-0.25, -0.2) is 9.97 Å².